The van der Waals surface area contributed by atoms with Gasteiger partial charge in [0.15, 0.2) is 0 Å². The number of thiophene rings is 1. The average Bonchev–Trinajstić information content (AvgIpc) is 3.36. The van der Waals surface area contributed by atoms with Gasteiger partial charge in [-0.3, -0.25) is 4.79 Å². The zero-order chi connectivity index (χ0) is 17.2. The summed E-state index contributed by atoms with van der Waals surface area (Å²) in [5, 5.41) is 5.08. The van der Waals surface area contributed by atoms with Gasteiger partial charge in [0.25, 0.3) is 5.91 Å². The van der Waals surface area contributed by atoms with E-state index in [0.717, 1.165) is 41.3 Å². The summed E-state index contributed by atoms with van der Waals surface area (Å²) in [6.45, 7) is 3.53. The molecule has 128 valence electrons. The van der Waals surface area contributed by atoms with Crippen LogP contribution in [0.2, 0.25) is 0 Å². The van der Waals surface area contributed by atoms with Crippen LogP contribution >= 0.6 is 11.3 Å². The molecule has 1 saturated heterocycles. The number of aromatic nitrogens is 3. The van der Waals surface area contributed by atoms with Crippen molar-refractivity contribution in [1.82, 2.24) is 20.3 Å². The molecule has 7 heteroatoms. The zero-order valence-corrected chi connectivity index (χ0v) is 14.7. The van der Waals surface area contributed by atoms with Gasteiger partial charge < -0.3 is 15.2 Å². The molecular formula is C18H19N5OS. The number of nitrogens with one attached hydrogen (secondary N) is 2. The van der Waals surface area contributed by atoms with Gasteiger partial charge in [-0.1, -0.05) is 0 Å². The maximum Gasteiger partial charge on any atom is 0.261 e. The van der Waals surface area contributed by atoms with Gasteiger partial charge in [-0.2, -0.15) is 0 Å². The minimum atomic E-state index is 0.0143. The number of anilines is 1. The predicted octanol–water partition coefficient (Wildman–Crippen LogP) is 2.85. The summed E-state index contributed by atoms with van der Waals surface area (Å²) in [6.07, 6.45) is 4.55. The third kappa shape index (κ3) is 3.28. The molecular weight excluding hydrogens is 334 g/mol. The van der Waals surface area contributed by atoms with E-state index in [1.807, 2.05) is 42.8 Å². The van der Waals surface area contributed by atoms with E-state index in [1.165, 1.54) is 11.3 Å². The van der Waals surface area contributed by atoms with Crippen molar-refractivity contribution in [1.29, 1.82) is 0 Å². The van der Waals surface area contributed by atoms with Crippen molar-refractivity contribution in [2.75, 3.05) is 18.0 Å². The van der Waals surface area contributed by atoms with E-state index in [2.05, 4.69) is 25.2 Å². The van der Waals surface area contributed by atoms with Crippen molar-refractivity contribution < 1.29 is 4.79 Å². The first-order valence-corrected chi connectivity index (χ1v) is 9.15. The van der Waals surface area contributed by atoms with Crippen molar-refractivity contribution in [3.05, 3.63) is 52.5 Å². The number of amides is 1. The molecule has 0 aromatic carbocycles. The molecule has 6 nitrogen and oxygen atoms in total. The number of H-pyrrole nitrogens is 1. The molecule has 1 aliphatic rings. The maximum absolute atomic E-state index is 12.4. The summed E-state index contributed by atoms with van der Waals surface area (Å²) in [4.78, 5) is 27.5. The highest BCUT2D eigenvalue weighted by Crippen LogP contribution is 2.21. The highest BCUT2D eigenvalue weighted by molar-refractivity contribution is 7.12. The largest absolute Gasteiger partial charge is 0.360 e. The summed E-state index contributed by atoms with van der Waals surface area (Å²) >= 11 is 1.48. The Labute approximate surface area is 149 Å². The second-order valence-corrected chi connectivity index (χ2v) is 7.08. The average molecular weight is 353 g/mol. The molecule has 1 amide bonds. The second-order valence-electron chi connectivity index (χ2n) is 6.16. The molecule has 25 heavy (non-hydrogen) atoms. The first-order valence-electron chi connectivity index (χ1n) is 8.27. The molecule has 1 aliphatic heterocycles. The zero-order valence-electron chi connectivity index (χ0n) is 13.9. The molecule has 1 unspecified atom stereocenters. The van der Waals surface area contributed by atoms with E-state index >= 15 is 0 Å². The normalized spacial score (nSPS) is 17.0. The number of hydrogen-bond acceptors (Lipinski definition) is 5. The molecule has 3 aromatic heterocycles. The number of nitrogens with zero attached hydrogens (tertiary/aromatic N) is 3. The molecule has 4 rings (SSSR count). The van der Waals surface area contributed by atoms with E-state index in [0.29, 0.717) is 5.95 Å². The standard InChI is InChI=1S/C18H19N5OS/c1-12-6-10-25-16(12)17(24)21-13-5-9-23(11-13)18-20-8-4-15(22-18)14-3-2-7-19-14/h2-4,6-8,10,13,19H,5,9,11H2,1H3,(H,21,24). The summed E-state index contributed by atoms with van der Waals surface area (Å²) in [5.74, 6) is 0.719. The first-order chi connectivity index (χ1) is 12.2. The number of rotatable bonds is 4. The number of aromatic amines is 1. The topological polar surface area (TPSA) is 73.9 Å². The predicted molar refractivity (Wildman–Crippen MR) is 99.0 cm³/mol. The minimum absolute atomic E-state index is 0.0143. The molecule has 1 atom stereocenters. The van der Waals surface area contributed by atoms with Gasteiger partial charge in [0.05, 0.1) is 16.3 Å². The van der Waals surface area contributed by atoms with Gasteiger partial charge in [-0.05, 0) is 48.6 Å². The fraction of sp³-hybridized carbons (Fsp3) is 0.278. The minimum Gasteiger partial charge on any atom is -0.360 e. The third-order valence-electron chi connectivity index (χ3n) is 4.39. The third-order valence-corrected chi connectivity index (χ3v) is 5.41. The Morgan fingerprint density at radius 3 is 3.08 bits per heavy atom. The van der Waals surface area contributed by atoms with E-state index in [1.54, 1.807) is 6.20 Å². The first kappa shape index (κ1) is 15.8. The van der Waals surface area contributed by atoms with Crippen LogP contribution in [0, 0.1) is 6.92 Å². The summed E-state index contributed by atoms with van der Waals surface area (Å²) < 4.78 is 0. The molecule has 0 spiro atoms. The van der Waals surface area contributed by atoms with Gasteiger partial charge in [0, 0.05) is 31.5 Å². The van der Waals surface area contributed by atoms with Crippen LogP contribution in [0.25, 0.3) is 11.4 Å². The van der Waals surface area contributed by atoms with E-state index in [9.17, 15) is 4.79 Å². The number of aryl methyl sites for hydroxylation is 1. The van der Waals surface area contributed by atoms with Gasteiger partial charge >= 0.3 is 0 Å². The van der Waals surface area contributed by atoms with Crippen molar-refractivity contribution in [3.8, 4) is 11.4 Å². The molecule has 3 aromatic rings. The number of carbonyl (C=O) groups excluding carboxylic acids is 1. The van der Waals surface area contributed by atoms with Crippen LogP contribution in [0.1, 0.15) is 21.7 Å². The van der Waals surface area contributed by atoms with Gasteiger partial charge in [-0.15, -0.1) is 11.3 Å². The lowest BCUT2D eigenvalue weighted by atomic mass is 10.2. The molecule has 0 saturated carbocycles. The Morgan fingerprint density at radius 2 is 2.32 bits per heavy atom. The fourth-order valence-electron chi connectivity index (χ4n) is 3.06. The lowest BCUT2D eigenvalue weighted by Crippen LogP contribution is -2.37. The van der Waals surface area contributed by atoms with Crippen LogP contribution in [0.15, 0.2) is 42.0 Å². The highest BCUT2D eigenvalue weighted by atomic mass is 32.1. The lowest BCUT2D eigenvalue weighted by molar-refractivity contribution is 0.0944. The van der Waals surface area contributed by atoms with Crippen molar-refractivity contribution in [2.45, 2.75) is 19.4 Å². The fourth-order valence-corrected chi connectivity index (χ4v) is 3.88. The van der Waals surface area contributed by atoms with Gasteiger partial charge in [-0.25, -0.2) is 9.97 Å². The Hall–Kier alpha value is -2.67. The SMILES string of the molecule is Cc1ccsc1C(=O)NC1CCN(c2nccc(-c3ccc[nH]3)n2)C1. The van der Waals surface area contributed by atoms with E-state index < -0.39 is 0 Å². The molecule has 1 fully saturated rings. The lowest BCUT2D eigenvalue weighted by Gasteiger charge is -2.17. The van der Waals surface area contributed by atoms with E-state index in [-0.39, 0.29) is 11.9 Å². The summed E-state index contributed by atoms with van der Waals surface area (Å²) in [5.41, 5.74) is 2.87. The van der Waals surface area contributed by atoms with Crippen LogP contribution in [0.4, 0.5) is 5.95 Å². The molecule has 0 bridgehead atoms. The van der Waals surface area contributed by atoms with Gasteiger partial charge in [0.1, 0.15) is 0 Å². The number of hydrogen-bond donors (Lipinski definition) is 2. The van der Waals surface area contributed by atoms with Crippen LogP contribution in [0.5, 0.6) is 0 Å². The molecule has 0 aliphatic carbocycles. The Morgan fingerprint density at radius 1 is 1.40 bits per heavy atom. The van der Waals surface area contributed by atoms with E-state index in [4.69, 9.17) is 0 Å². The molecule has 2 N–H and O–H groups in total. The van der Waals surface area contributed by atoms with Crippen LogP contribution in [0.3, 0.4) is 0 Å². The smallest absolute Gasteiger partial charge is 0.261 e. The van der Waals surface area contributed by atoms with Crippen molar-refractivity contribution in [2.24, 2.45) is 0 Å². The maximum atomic E-state index is 12.4. The molecule has 0 radical (unpaired) electrons. The quantitative estimate of drug-likeness (QED) is 0.756. The van der Waals surface area contributed by atoms with Crippen molar-refractivity contribution in [3.63, 3.8) is 0 Å². The second kappa shape index (κ2) is 6.68. The monoisotopic (exact) mass is 353 g/mol. The summed E-state index contributed by atoms with van der Waals surface area (Å²) in [6, 6.07) is 7.92. The highest BCUT2D eigenvalue weighted by Gasteiger charge is 2.26. The van der Waals surface area contributed by atoms with Crippen LogP contribution in [-0.2, 0) is 0 Å². The Balaban J connectivity index is 1.43. The van der Waals surface area contributed by atoms with Crippen molar-refractivity contribution >= 4 is 23.2 Å². The number of carbonyl (C=O) groups is 1. The van der Waals surface area contributed by atoms with Crippen LogP contribution in [-0.4, -0.2) is 40.0 Å². The Bertz CT molecular complexity index is 873. The Kier molecular flexibility index (Phi) is 4.23. The molecule has 4 heterocycles. The van der Waals surface area contributed by atoms with Gasteiger partial charge in [0.2, 0.25) is 5.95 Å². The summed E-state index contributed by atoms with van der Waals surface area (Å²) in [7, 11) is 0. The van der Waals surface area contributed by atoms with Crippen LogP contribution < -0.4 is 10.2 Å².